The van der Waals surface area contributed by atoms with Crippen molar-refractivity contribution in [3.8, 4) is 0 Å². The van der Waals surface area contributed by atoms with E-state index >= 15 is 0 Å². The number of likely N-dealkylation sites (tertiary alicyclic amines) is 1. The van der Waals surface area contributed by atoms with E-state index < -0.39 is 53.6 Å². The van der Waals surface area contributed by atoms with Crippen molar-refractivity contribution in [1.82, 2.24) is 15.1 Å². The van der Waals surface area contributed by atoms with E-state index in [0.29, 0.717) is 18.4 Å². The number of nitrogens with zero attached hydrogens (tertiary/aromatic N) is 2. The first-order chi connectivity index (χ1) is 20.5. The molecule has 0 saturated carbocycles. The van der Waals surface area contributed by atoms with Gasteiger partial charge in [-0.1, -0.05) is 58.4 Å². The van der Waals surface area contributed by atoms with E-state index in [1.165, 1.54) is 4.90 Å². The molecule has 10 nitrogen and oxygen atoms in total. The molecule has 2 N–H and O–H groups in total. The number of carbonyl (C=O) groups is 4. The topological polar surface area (TPSA) is 125 Å². The molecule has 2 bridgehead atoms. The number of aliphatic hydroxyl groups is 1. The molecule has 3 amide bonds. The highest BCUT2D eigenvalue weighted by molar-refractivity contribution is 9.09. The first-order valence-corrected chi connectivity index (χ1v) is 15.7. The minimum absolute atomic E-state index is 0.0727. The van der Waals surface area contributed by atoms with Gasteiger partial charge >= 0.3 is 5.97 Å². The van der Waals surface area contributed by atoms with Crippen LogP contribution >= 0.6 is 15.9 Å². The van der Waals surface area contributed by atoms with Gasteiger partial charge in [0.1, 0.15) is 17.7 Å². The number of nitrogens with one attached hydrogen (secondary N) is 1. The third-order valence-electron chi connectivity index (χ3n) is 8.66. The zero-order valence-corrected chi connectivity index (χ0v) is 26.6. The van der Waals surface area contributed by atoms with Gasteiger partial charge in [0.25, 0.3) is 0 Å². The van der Waals surface area contributed by atoms with Crippen molar-refractivity contribution >= 4 is 39.6 Å². The van der Waals surface area contributed by atoms with Crippen LogP contribution in [-0.2, 0) is 28.7 Å². The van der Waals surface area contributed by atoms with Crippen molar-refractivity contribution in [3.63, 3.8) is 0 Å². The van der Waals surface area contributed by atoms with Crippen molar-refractivity contribution in [1.29, 1.82) is 0 Å². The van der Waals surface area contributed by atoms with Crippen LogP contribution in [0.2, 0.25) is 0 Å². The molecule has 3 aliphatic heterocycles. The van der Waals surface area contributed by atoms with Gasteiger partial charge in [0.15, 0.2) is 0 Å². The summed E-state index contributed by atoms with van der Waals surface area (Å²) in [5.74, 6) is -3.53. The number of alkyl halides is 1. The summed E-state index contributed by atoms with van der Waals surface area (Å²) in [7, 11) is 0. The lowest BCUT2D eigenvalue weighted by atomic mass is 9.70. The third kappa shape index (κ3) is 6.17. The van der Waals surface area contributed by atoms with Crippen LogP contribution in [0.3, 0.4) is 0 Å². The van der Waals surface area contributed by atoms with Gasteiger partial charge in [-0.25, -0.2) is 0 Å². The number of fused-ring (bicyclic) bond motifs is 1. The number of hydrogen-bond donors (Lipinski definition) is 2. The van der Waals surface area contributed by atoms with Crippen LogP contribution in [0.4, 0.5) is 0 Å². The molecular formula is C32H42BrN3O7. The largest absolute Gasteiger partial charge is 0.455 e. The number of hydrogen-bond acceptors (Lipinski definition) is 7. The van der Waals surface area contributed by atoms with E-state index in [2.05, 4.69) is 34.4 Å². The maximum absolute atomic E-state index is 14.1. The Bertz CT molecular complexity index is 1230. The summed E-state index contributed by atoms with van der Waals surface area (Å²) in [6.07, 6.45) is 2.86. The number of aliphatic hydroxyl groups excluding tert-OH is 1. The second-order valence-corrected chi connectivity index (χ2v) is 12.9. The van der Waals surface area contributed by atoms with Gasteiger partial charge in [-0.3, -0.25) is 19.2 Å². The highest BCUT2D eigenvalue weighted by Crippen LogP contribution is 2.60. The van der Waals surface area contributed by atoms with Crippen molar-refractivity contribution in [2.75, 3.05) is 19.7 Å². The SMILES string of the molecule is C=CCCC(=O)N[C@@H](C)[C@H](OC(=O)[C@H]1[C@@H]2O[C@@]3(CC2Br)[C@@H]1C(=O)N(CCO)[C@@H]3C(=O)N(CC=C)C(C)C)c1ccccc1. The lowest BCUT2D eigenvalue weighted by molar-refractivity contribution is -0.162. The van der Waals surface area contributed by atoms with Gasteiger partial charge in [0.2, 0.25) is 17.7 Å². The highest BCUT2D eigenvalue weighted by Gasteiger charge is 2.77. The third-order valence-corrected chi connectivity index (χ3v) is 9.50. The van der Waals surface area contributed by atoms with Crippen LogP contribution in [0.1, 0.15) is 51.7 Å². The molecule has 4 rings (SSSR count). The lowest BCUT2D eigenvalue weighted by Gasteiger charge is -2.38. The molecule has 234 valence electrons. The van der Waals surface area contributed by atoms with E-state index in [1.807, 2.05) is 44.2 Å². The Morgan fingerprint density at radius 1 is 1.23 bits per heavy atom. The fraction of sp³-hybridized carbons (Fsp3) is 0.562. The number of rotatable bonds is 14. The molecular weight excluding hydrogens is 618 g/mol. The molecule has 1 aromatic rings. The molecule has 3 aliphatic rings. The molecule has 3 fully saturated rings. The van der Waals surface area contributed by atoms with Gasteiger partial charge in [-0.15, -0.1) is 13.2 Å². The minimum Gasteiger partial charge on any atom is -0.455 e. The smallest absolute Gasteiger partial charge is 0.313 e. The number of amides is 3. The van der Waals surface area contributed by atoms with Crippen LogP contribution in [0.15, 0.2) is 55.6 Å². The molecule has 1 spiro atoms. The average Bonchev–Trinajstić information content (AvgIpc) is 3.56. The van der Waals surface area contributed by atoms with Crippen molar-refractivity contribution in [2.45, 2.75) is 80.8 Å². The highest BCUT2D eigenvalue weighted by atomic mass is 79.9. The number of benzene rings is 1. The molecule has 0 radical (unpaired) electrons. The summed E-state index contributed by atoms with van der Waals surface area (Å²) in [4.78, 5) is 57.5. The molecule has 43 heavy (non-hydrogen) atoms. The van der Waals surface area contributed by atoms with Crippen molar-refractivity contribution < 1.29 is 33.8 Å². The van der Waals surface area contributed by atoms with Crippen LogP contribution in [-0.4, -0.2) is 93.0 Å². The Labute approximate surface area is 261 Å². The first kappa shape index (κ1) is 32.9. The molecule has 1 aromatic carbocycles. The molecule has 1 unspecified atom stereocenters. The predicted octanol–water partition coefficient (Wildman–Crippen LogP) is 2.91. The maximum atomic E-state index is 14.1. The molecule has 3 heterocycles. The number of β-amino-alcohol motifs (C(OH)–C–C–N with tert-alkyl or cyclic N) is 1. The number of esters is 1. The minimum atomic E-state index is -1.27. The van der Waals surface area contributed by atoms with Gasteiger partial charge in [0.05, 0.1) is 30.6 Å². The quantitative estimate of drug-likeness (QED) is 0.179. The second kappa shape index (κ2) is 13.7. The summed E-state index contributed by atoms with van der Waals surface area (Å²) in [5.41, 5.74) is -0.585. The Hall–Kier alpha value is -3.02. The van der Waals surface area contributed by atoms with Crippen molar-refractivity contribution in [2.24, 2.45) is 11.8 Å². The number of halogens is 1. The van der Waals surface area contributed by atoms with Crippen molar-refractivity contribution in [3.05, 3.63) is 61.2 Å². The normalized spacial score (nSPS) is 28.7. The average molecular weight is 661 g/mol. The zero-order chi connectivity index (χ0) is 31.5. The van der Waals surface area contributed by atoms with E-state index in [-0.39, 0.29) is 48.8 Å². The summed E-state index contributed by atoms with van der Waals surface area (Å²) < 4.78 is 12.7. The number of allylic oxidation sites excluding steroid dienone is 1. The molecule has 11 heteroatoms. The van der Waals surface area contributed by atoms with Gasteiger partial charge in [-0.2, -0.15) is 0 Å². The van der Waals surface area contributed by atoms with Crippen LogP contribution < -0.4 is 5.32 Å². The second-order valence-electron chi connectivity index (χ2n) is 11.7. The summed E-state index contributed by atoms with van der Waals surface area (Å²) >= 11 is 3.67. The zero-order valence-electron chi connectivity index (χ0n) is 25.0. The van der Waals surface area contributed by atoms with Crippen LogP contribution in [0.5, 0.6) is 0 Å². The van der Waals surface area contributed by atoms with E-state index in [1.54, 1.807) is 24.0 Å². The summed E-state index contributed by atoms with van der Waals surface area (Å²) in [6.45, 7) is 12.8. The Morgan fingerprint density at radius 2 is 1.93 bits per heavy atom. The lowest BCUT2D eigenvalue weighted by Crippen LogP contribution is -2.58. The molecule has 3 saturated heterocycles. The fourth-order valence-corrected chi connectivity index (χ4v) is 7.76. The Balaban J connectivity index is 1.67. The van der Waals surface area contributed by atoms with Gasteiger partial charge in [-0.05, 0) is 39.2 Å². The van der Waals surface area contributed by atoms with E-state index in [9.17, 15) is 24.3 Å². The number of ether oxygens (including phenoxy) is 2. The summed E-state index contributed by atoms with van der Waals surface area (Å²) in [5, 5.41) is 12.8. The van der Waals surface area contributed by atoms with Crippen LogP contribution in [0, 0.1) is 11.8 Å². The number of carbonyl (C=O) groups excluding carboxylic acids is 4. The molecule has 8 atom stereocenters. The van der Waals surface area contributed by atoms with Gasteiger partial charge in [0, 0.05) is 30.4 Å². The Kier molecular flexibility index (Phi) is 10.5. The maximum Gasteiger partial charge on any atom is 0.313 e. The molecule has 0 aromatic heterocycles. The van der Waals surface area contributed by atoms with Crippen LogP contribution in [0.25, 0.3) is 0 Å². The van der Waals surface area contributed by atoms with E-state index in [0.717, 1.165) is 0 Å². The fourth-order valence-electron chi connectivity index (χ4n) is 6.82. The van der Waals surface area contributed by atoms with Gasteiger partial charge < -0.3 is 29.7 Å². The Morgan fingerprint density at radius 3 is 2.53 bits per heavy atom. The monoisotopic (exact) mass is 659 g/mol. The first-order valence-electron chi connectivity index (χ1n) is 14.8. The van der Waals surface area contributed by atoms with E-state index in [4.69, 9.17) is 9.47 Å². The standard InChI is InChI=1S/C32H42BrN3O7/c1-6-8-14-23(38)34-20(5)26(21-12-10-9-11-13-21)42-31(41)24-25-29(39)36(16-17-37)28(30(40)35(15-7-2)19(3)4)32(25)18-22(33)27(24)43-32/h6-7,9-13,19-20,22,24-28,37H,1-2,8,14-18H2,3-5H3,(H,34,38)/t20-,22?,24+,25-,26-,27+,28+,32-/m0/s1. The molecule has 0 aliphatic carbocycles. The summed E-state index contributed by atoms with van der Waals surface area (Å²) in [6, 6.07) is 7.34. The predicted molar refractivity (Wildman–Crippen MR) is 164 cm³/mol.